The van der Waals surface area contributed by atoms with Gasteiger partial charge in [0.1, 0.15) is 0 Å². The maximum atomic E-state index is 8.81. The molecule has 0 amide bonds. The summed E-state index contributed by atoms with van der Waals surface area (Å²) < 4.78 is 0. The molecule has 1 aromatic heterocycles. The molecule has 0 aliphatic carbocycles. The molecule has 4 nitrogen and oxygen atoms in total. The predicted octanol–water partition coefficient (Wildman–Crippen LogP) is 3.24. The van der Waals surface area contributed by atoms with Crippen LogP contribution in [0.1, 0.15) is 12.0 Å². The first-order valence-corrected chi connectivity index (χ1v) is 6.65. The molecule has 0 unspecified atom stereocenters. The highest BCUT2D eigenvalue weighted by Crippen LogP contribution is 2.32. The third-order valence-electron chi connectivity index (χ3n) is 2.92. The van der Waals surface area contributed by atoms with Crippen LogP contribution in [0.25, 0.3) is 0 Å². The van der Waals surface area contributed by atoms with Crippen molar-refractivity contribution in [3.05, 3.63) is 53.3 Å². The van der Waals surface area contributed by atoms with E-state index >= 15 is 0 Å². The van der Waals surface area contributed by atoms with Gasteiger partial charge in [-0.2, -0.15) is 5.26 Å². The van der Waals surface area contributed by atoms with Gasteiger partial charge in [0.25, 0.3) is 0 Å². The molecule has 2 N–H and O–H groups in total. The van der Waals surface area contributed by atoms with Gasteiger partial charge in [0.2, 0.25) is 0 Å². The monoisotopic (exact) mass is 286 g/mol. The van der Waals surface area contributed by atoms with E-state index < -0.39 is 0 Å². The third kappa shape index (κ3) is 3.40. The third-order valence-corrected chi connectivity index (χ3v) is 3.23. The number of nitriles is 1. The zero-order chi connectivity index (χ0) is 14.4. The molecule has 0 spiro atoms. The summed E-state index contributed by atoms with van der Waals surface area (Å²) in [7, 11) is 0. The maximum absolute atomic E-state index is 8.81. The molecule has 20 heavy (non-hydrogen) atoms. The highest BCUT2D eigenvalue weighted by atomic mass is 35.5. The highest BCUT2D eigenvalue weighted by Gasteiger charge is 2.14. The second-order valence-corrected chi connectivity index (χ2v) is 4.78. The zero-order valence-corrected chi connectivity index (χ0v) is 11.7. The molecule has 2 rings (SSSR count). The number of anilines is 2. The number of pyridine rings is 1. The summed E-state index contributed by atoms with van der Waals surface area (Å²) in [6.07, 6.45) is 3.93. The average Bonchev–Trinajstić information content (AvgIpc) is 2.45. The number of hydrogen-bond donors (Lipinski definition) is 1. The van der Waals surface area contributed by atoms with E-state index in [4.69, 9.17) is 22.6 Å². The molecule has 0 aliphatic rings. The Hall–Kier alpha value is -2.25. The van der Waals surface area contributed by atoms with Gasteiger partial charge >= 0.3 is 0 Å². The minimum atomic E-state index is 0.408. The van der Waals surface area contributed by atoms with Crippen LogP contribution in [0.15, 0.2) is 42.7 Å². The number of nitrogens with two attached hydrogens (primary N) is 1. The van der Waals surface area contributed by atoms with Gasteiger partial charge in [-0.05, 0) is 23.8 Å². The van der Waals surface area contributed by atoms with Crippen molar-refractivity contribution in [2.45, 2.75) is 13.0 Å². The maximum Gasteiger partial charge on any atom is 0.0792 e. The van der Waals surface area contributed by atoms with E-state index in [1.807, 2.05) is 29.2 Å². The van der Waals surface area contributed by atoms with Crippen LogP contribution in [0.3, 0.4) is 0 Å². The number of nitrogen functional groups attached to an aromatic ring is 1. The van der Waals surface area contributed by atoms with Crippen molar-refractivity contribution in [2.75, 3.05) is 17.2 Å². The topological polar surface area (TPSA) is 65.9 Å². The van der Waals surface area contributed by atoms with E-state index in [9.17, 15) is 0 Å². The Morgan fingerprint density at radius 2 is 2.15 bits per heavy atom. The molecule has 0 bridgehead atoms. The summed E-state index contributed by atoms with van der Waals surface area (Å²) in [5, 5.41) is 9.40. The molecule has 2 aromatic rings. The molecular weight excluding hydrogens is 272 g/mol. The van der Waals surface area contributed by atoms with Crippen LogP contribution in [0.4, 0.5) is 11.4 Å². The van der Waals surface area contributed by atoms with Crippen molar-refractivity contribution < 1.29 is 0 Å². The number of halogens is 1. The zero-order valence-electron chi connectivity index (χ0n) is 11.0. The minimum absolute atomic E-state index is 0.408. The molecule has 0 saturated heterocycles. The molecule has 5 heteroatoms. The summed E-state index contributed by atoms with van der Waals surface area (Å²) in [5.74, 6) is 0. The van der Waals surface area contributed by atoms with Crippen molar-refractivity contribution in [1.82, 2.24) is 4.98 Å². The first kappa shape index (κ1) is 14.2. The lowest BCUT2D eigenvalue weighted by atomic mass is 10.2. The van der Waals surface area contributed by atoms with Crippen LogP contribution < -0.4 is 10.6 Å². The Morgan fingerprint density at radius 1 is 1.30 bits per heavy atom. The van der Waals surface area contributed by atoms with Gasteiger partial charge in [0.15, 0.2) is 0 Å². The summed E-state index contributed by atoms with van der Waals surface area (Å²) in [4.78, 5) is 6.11. The first-order valence-electron chi connectivity index (χ1n) is 6.27. The Kier molecular flexibility index (Phi) is 4.80. The number of aromatic nitrogens is 1. The van der Waals surface area contributed by atoms with Crippen molar-refractivity contribution in [3.8, 4) is 6.07 Å². The molecule has 1 aromatic carbocycles. The molecular formula is C15H15ClN4. The standard InChI is InChI=1S/C15H15ClN4/c16-13-5-1-6-14(18)15(13)20(9-3-7-17)11-12-4-2-8-19-10-12/h1-2,4-6,8,10H,3,9,11,18H2. The minimum Gasteiger partial charge on any atom is -0.397 e. The Balaban J connectivity index is 2.30. The van der Waals surface area contributed by atoms with Crippen LogP contribution >= 0.6 is 11.6 Å². The molecule has 0 fully saturated rings. The lowest BCUT2D eigenvalue weighted by molar-refractivity contribution is 0.796. The first-order chi connectivity index (χ1) is 9.72. The van der Waals surface area contributed by atoms with Gasteiger partial charge in [0.05, 0.1) is 28.9 Å². The van der Waals surface area contributed by atoms with E-state index in [0.29, 0.717) is 30.2 Å². The van der Waals surface area contributed by atoms with E-state index in [1.54, 1.807) is 18.5 Å². The van der Waals surface area contributed by atoms with Gasteiger partial charge in [0, 0.05) is 25.5 Å². The van der Waals surface area contributed by atoms with Crippen molar-refractivity contribution in [2.24, 2.45) is 0 Å². The summed E-state index contributed by atoms with van der Waals surface area (Å²) >= 11 is 6.25. The largest absolute Gasteiger partial charge is 0.397 e. The summed E-state index contributed by atoms with van der Waals surface area (Å²) in [5.41, 5.74) is 8.45. The lowest BCUT2D eigenvalue weighted by Gasteiger charge is -2.26. The van der Waals surface area contributed by atoms with E-state index in [0.717, 1.165) is 11.3 Å². The molecule has 1 heterocycles. The van der Waals surface area contributed by atoms with Crippen LogP contribution in [0.5, 0.6) is 0 Å². The predicted molar refractivity (Wildman–Crippen MR) is 81.4 cm³/mol. The Morgan fingerprint density at radius 3 is 2.80 bits per heavy atom. The summed E-state index contributed by atoms with van der Waals surface area (Å²) in [6.45, 7) is 1.18. The smallest absolute Gasteiger partial charge is 0.0792 e. The van der Waals surface area contributed by atoms with Crippen molar-refractivity contribution in [1.29, 1.82) is 5.26 Å². The SMILES string of the molecule is N#CCCN(Cc1cccnc1)c1c(N)cccc1Cl. The van der Waals surface area contributed by atoms with Gasteiger partial charge in [-0.3, -0.25) is 4.98 Å². The number of nitrogens with zero attached hydrogens (tertiary/aromatic N) is 3. The van der Waals surface area contributed by atoms with Crippen LogP contribution in [0, 0.1) is 11.3 Å². The van der Waals surface area contributed by atoms with Gasteiger partial charge in [-0.15, -0.1) is 0 Å². The lowest BCUT2D eigenvalue weighted by Crippen LogP contribution is -2.25. The van der Waals surface area contributed by atoms with Gasteiger partial charge in [-0.1, -0.05) is 23.7 Å². The van der Waals surface area contributed by atoms with Gasteiger partial charge < -0.3 is 10.6 Å². The fourth-order valence-corrected chi connectivity index (χ4v) is 2.33. The molecule has 0 atom stereocenters. The molecule has 102 valence electrons. The molecule has 0 aliphatic heterocycles. The number of rotatable bonds is 5. The Labute approximate surface area is 123 Å². The second-order valence-electron chi connectivity index (χ2n) is 4.37. The average molecular weight is 287 g/mol. The second kappa shape index (κ2) is 6.78. The number of hydrogen-bond acceptors (Lipinski definition) is 4. The summed E-state index contributed by atoms with van der Waals surface area (Å²) in [6, 6.07) is 11.4. The van der Waals surface area contributed by atoms with Gasteiger partial charge in [-0.25, -0.2) is 0 Å². The van der Waals surface area contributed by atoms with Crippen molar-refractivity contribution >= 4 is 23.0 Å². The van der Waals surface area contributed by atoms with E-state index in [-0.39, 0.29) is 0 Å². The van der Waals surface area contributed by atoms with E-state index in [1.165, 1.54) is 0 Å². The fraction of sp³-hybridized carbons (Fsp3) is 0.200. The molecule has 0 saturated carbocycles. The van der Waals surface area contributed by atoms with Crippen LogP contribution in [-0.4, -0.2) is 11.5 Å². The Bertz CT molecular complexity index is 587. The van der Waals surface area contributed by atoms with Crippen LogP contribution in [-0.2, 0) is 6.54 Å². The van der Waals surface area contributed by atoms with Crippen molar-refractivity contribution in [3.63, 3.8) is 0 Å². The fourth-order valence-electron chi connectivity index (χ4n) is 2.03. The quantitative estimate of drug-likeness (QED) is 0.857. The normalized spacial score (nSPS) is 10.0. The van der Waals surface area contributed by atoms with E-state index in [2.05, 4.69) is 11.1 Å². The number of para-hydroxylation sites is 1. The molecule has 0 radical (unpaired) electrons. The number of benzene rings is 1. The highest BCUT2D eigenvalue weighted by molar-refractivity contribution is 6.34. The van der Waals surface area contributed by atoms with Crippen LogP contribution in [0.2, 0.25) is 5.02 Å².